The van der Waals surface area contributed by atoms with E-state index in [-0.39, 0.29) is 11.7 Å². The number of nitro benzene ring substituents is 1. The first-order valence-corrected chi connectivity index (χ1v) is 5.57. The zero-order valence-corrected chi connectivity index (χ0v) is 10.5. The van der Waals surface area contributed by atoms with Crippen molar-refractivity contribution in [2.24, 2.45) is 5.92 Å². The highest BCUT2D eigenvalue weighted by molar-refractivity contribution is 5.71. The molecule has 0 heterocycles. The fourth-order valence-corrected chi connectivity index (χ4v) is 1.46. The Balaban J connectivity index is 2.93. The Bertz CT molecular complexity index is 473. The predicted octanol–water partition coefficient (Wildman–Crippen LogP) is 2.42. The highest BCUT2D eigenvalue weighted by Crippen LogP contribution is 2.23. The quantitative estimate of drug-likeness (QED) is 0.620. The van der Waals surface area contributed by atoms with Gasteiger partial charge in [-0.05, 0) is 26.3 Å². The van der Waals surface area contributed by atoms with Crippen molar-refractivity contribution in [3.05, 3.63) is 33.9 Å². The van der Waals surface area contributed by atoms with E-state index in [4.69, 9.17) is 5.11 Å². The molecule has 0 radical (unpaired) electrons. The lowest BCUT2D eigenvalue weighted by molar-refractivity contribution is -0.384. The van der Waals surface area contributed by atoms with Gasteiger partial charge in [-0.15, -0.1) is 0 Å². The molecule has 0 saturated heterocycles. The van der Waals surface area contributed by atoms with Crippen LogP contribution in [0.5, 0.6) is 0 Å². The third kappa shape index (κ3) is 3.19. The zero-order chi connectivity index (χ0) is 13.9. The summed E-state index contributed by atoms with van der Waals surface area (Å²) in [6.45, 7) is 5.13. The predicted molar refractivity (Wildman–Crippen MR) is 67.7 cm³/mol. The number of nitro groups is 1. The molecule has 1 aromatic carbocycles. The van der Waals surface area contributed by atoms with Gasteiger partial charge in [0.15, 0.2) is 0 Å². The van der Waals surface area contributed by atoms with E-state index in [9.17, 15) is 14.9 Å². The SMILES string of the molecule is Cc1ccc([N+](=O)[O-])cc1NC(C)C(C)C(=O)O. The summed E-state index contributed by atoms with van der Waals surface area (Å²) in [7, 11) is 0. The first-order valence-electron chi connectivity index (χ1n) is 5.57. The Hall–Kier alpha value is -2.11. The largest absolute Gasteiger partial charge is 0.481 e. The summed E-state index contributed by atoms with van der Waals surface area (Å²) >= 11 is 0. The second-order valence-electron chi connectivity index (χ2n) is 4.32. The van der Waals surface area contributed by atoms with Crippen molar-refractivity contribution in [2.45, 2.75) is 26.8 Å². The molecule has 2 N–H and O–H groups in total. The van der Waals surface area contributed by atoms with Crippen LogP contribution in [0.2, 0.25) is 0 Å². The van der Waals surface area contributed by atoms with E-state index >= 15 is 0 Å². The number of non-ortho nitro benzene ring substituents is 1. The second-order valence-corrected chi connectivity index (χ2v) is 4.32. The molecule has 6 nitrogen and oxygen atoms in total. The minimum Gasteiger partial charge on any atom is -0.481 e. The molecule has 0 aliphatic carbocycles. The fraction of sp³-hybridized carbons (Fsp3) is 0.417. The minimum absolute atomic E-state index is 0.0155. The monoisotopic (exact) mass is 252 g/mol. The second kappa shape index (κ2) is 5.48. The maximum absolute atomic E-state index is 10.8. The number of nitrogens with one attached hydrogen (secondary N) is 1. The first kappa shape index (κ1) is 14.0. The Morgan fingerprint density at radius 1 is 1.44 bits per heavy atom. The van der Waals surface area contributed by atoms with Crippen molar-refractivity contribution in [2.75, 3.05) is 5.32 Å². The number of benzene rings is 1. The number of anilines is 1. The van der Waals surface area contributed by atoms with Gasteiger partial charge in [-0.25, -0.2) is 0 Å². The summed E-state index contributed by atoms with van der Waals surface area (Å²) in [4.78, 5) is 21.0. The lowest BCUT2D eigenvalue weighted by Gasteiger charge is -2.20. The van der Waals surface area contributed by atoms with Gasteiger partial charge in [-0.2, -0.15) is 0 Å². The summed E-state index contributed by atoms with van der Waals surface area (Å²) in [5.41, 5.74) is 1.41. The third-order valence-corrected chi connectivity index (χ3v) is 2.95. The Kier molecular flexibility index (Phi) is 4.25. The van der Waals surface area contributed by atoms with Crippen LogP contribution in [0.25, 0.3) is 0 Å². The van der Waals surface area contributed by atoms with Crippen molar-refractivity contribution in [1.29, 1.82) is 0 Å². The topological polar surface area (TPSA) is 92.5 Å². The van der Waals surface area contributed by atoms with Gasteiger partial charge in [0.2, 0.25) is 0 Å². The lowest BCUT2D eigenvalue weighted by Crippen LogP contribution is -2.29. The van der Waals surface area contributed by atoms with E-state index in [0.29, 0.717) is 5.69 Å². The summed E-state index contributed by atoms with van der Waals surface area (Å²) in [6.07, 6.45) is 0. The molecule has 0 saturated carbocycles. The van der Waals surface area contributed by atoms with Crippen molar-refractivity contribution >= 4 is 17.3 Å². The number of rotatable bonds is 5. The van der Waals surface area contributed by atoms with Crippen LogP contribution >= 0.6 is 0 Å². The Morgan fingerprint density at radius 3 is 2.56 bits per heavy atom. The summed E-state index contributed by atoms with van der Waals surface area (Å²) in [5, 5.41) is 22.6. The van der Waals surface area contributed by atoms with Gasteiger partial charge < -0.3 is 10.4 Å². The molecular weight excluding hydrogens is 236 g/mol. The van der Waals surface area contributed by atoms with E-state index in [2.05, 4.69) is 5.32 Å². The van der Waals surface area contributed by atoms with Crippen LogP contribution in [0.15, 0.2) is 18.2 Å². The fourth-order valence-electron chi connectivity index (χ4n) is 1.46. The number of carboxylic acid groups (broad SMARTS) is 1. The highest BCUT2D eigenvalue weighted by Gasteiger charge is 2.20. The van der Waals surface area contributed by atoms with Crippen LogP contribution in [-0.2, 0) is 4.79 Å². The van der Waals surface area contributed by atoms with Gasteiger partial charge in [0.1, 0.15) is 0 Å². The molecule has 1 rings (SSSR count). The Labute approximate surface area is 105 Å². The number of aryl methyl sites for hydroxylation is 1. The number of hydrogen-bond donors (Lipinski definition) is 2. The third-order valence-electron chi connectivity index (χ3n) is 2.95. The average Bonchev–Trinajstić information content (AvgIpc) is 2.30. The van der Waals surface area contributed by atoms with E-state index in [1.165, 1.54) is 12.1 Å². The summed E-state index contributed by atoms with van der Waals surface area (Å²) < 4.78 is 0. The number of hydrogen-bond acceptors (Lipinski definition) is 4. The zero-order valence-electron chi connectivity index (χ0n) is 10.5. The van der Waals surface area contributed by atoms with Gasteiger partial charge in [-0.1, -0.05) is 6.07 Å². The molecule has 18 heavy (non-hydrogen) atoms. The van der Waals surface area contributed by atoms with E-state index in [1.807, 2.05) is 6.92 Å². The van der Waals surface area contributed by atoms with Crippen LogP contribution in [0.3, 0.4) is 0 Å². The lowest BCUT2D eigenvalue weighted by atomic mass is 10.0. The van der Waals surface area contributed by atoms with Crippen molar-refractivity contribution in [3.8, 4) is 0 Å². The van der Waals surface area contributed by atoms with E-state index in [0.717, 1.165) is 5.56 Å². The van der Waals surface area contributed by atoms with Gasteiger partial charge in [-0.3, -0.25) is 14.9 Å². The van der Waals surface area contributed by atoms with Crippen LogP contribution in [0, 0.1) is 23.0 Å². The number of carboxylic acids is 1. The molecule has 0 aliphatic rings. The van der Waals surface area contributed by atoms with Gasteiger partial charge in [0.25, 0.3) is 5.69 Å². The minimum atomic E-state index is -0.905. The number of nitrogens with zero attached hydrogens (tertiary/aromatic N) is 1. The molecule has 6 heteroatoms. The molecular formula is C12H16N2O4. The van der Waals surface area contributed by atoms with Crippen molar-refractivity contribution < 1.29 is 14.8 Å². The van der Waals surface area contributed by atoms with Crippen molar-refractivity contribution in [1.82, 2.24) is 0 Å². The van der Waals surface area contributed by atoms with Crippen LogP contribution < -0.4 is 5.32 Å². The maximum atomic E-state index is 10.8. The van der Waals surface area contributed by atoms with Crippen LogP contribution in [0.1, 0.15) is 19.4 Å². The molecule has 0 aromatic heterocycles. The normalized spacial score (nSPS) is 13.7. The van der Waals surface area contributed by atoms with E-state index < -0.39 is 16.8 Å². The standard InChI is InChI=1S/C12H16N2O4/c1-7-4-5-10(14(17)18)6-11(7)13-9(3)8(2)12(15)16/h4-6,8-9,13H,1-3H3,(H,15,16). The molecule has 0 spiro atoms. The smallest absolute Gasteiger partial charge is 0.308 e. The molecule has 0 bridgehead atoms. The molecule has 0 aliphatic heterocycles. The molecule has 98 valence electrons. The summed E-state index contributed by atoms with van der Waals surface area (Å²) in [6, 6.07) is 4.16. The van der Waals surface area contributed by atoms with Crippen LogP contribution in [-0.4, -0.2) is 22.0 Å². The molecule has 2 atom stereocenters. The highest BCUT2D eigenvalue weighted by atomic mass is 16.6. The van der Waals surface area contributed by atoms with Crippen LogP contribution in [0.4, 0.5) is 11.4 Å². The average molecular weight is 252 g/mol. The molecule has 0 fully saturated rings. The maximum Gasteiger partial charge on any atom is 0.308 e. The summed E-state index contributed by atoms with van der Waals surface area (Å²) in [5.74, 6) is -1.48. The van der Waals surface area contributed by atoms with E-state index in [1.54, 1.807) is 19.9 Å². The first-order chi connectivity index (χ1) is 8.32. The van der Waals surface area contributed by atoms with Gasteiger partial charge >= 0.3 is 5.97 Å². The molecule has 0 amide bonds. The molecule has 2 unspecified atom stereocenters. The number of carbonyl (C=O) groups is 1. The van der Waals surface area contributed by atoms with Gasteiger partial charge in [0, 0.05) is 23.9 Å². The van der Waals surface area contributed by atoms with Crippen molar-refractivity contribution in [3.63, 3.8) is 0 Å². The molecule has 1 aromatic rings. The van der Waals surface area contributed by atoms with Gasteiger partial charge in [0.05, 0.1) is 10.8 Å². The number of aliphatic carboxylic acids is 1. The Morgan fingerprint density at radius 2 is 2.06 bits per heavy atom.